The van der Waals surface area contributed by atoms with Gasteiger partial charge in [0, 0.05) is 4.88 Å². The van der Waals surface area contributed by atoms with Crippen LogP contribution < -0.4 is 5.32 Å². The van der Waals surface area contributed by atoms with E-state index in [1.807, 2.05) is 19.1 Å². The maximum atomic E-state index is 11.7. The molecular formula is C9H7BrN2OS2. The van der Waals surface area contributed by atoms with Gasteiger partial charge in [0.2, 0.25) is 0 Å². The number of aromatic nitrogens is 1. The number of thiophene rings is 1. The number of carbonyl (C=O) groups excluding carboxylic acids is 1. The number of nitrogens with zero attached hydrogens (tertiary/aromatic N) is 1. The lowest BCUT2D eigenvalue weighted by atomic mass is 10.4. The monoisotopic (exact) mass is 302 g/mol. The van der Waals surface area contributed by atoms with Crippen LogP contribution in [0.1, 0.15) is 14.5 Å². The van der Waals surface area contributed by atoms with Gasteiger partial charge >= 0.3 is 0 Å². The third-order valence-electron chi connectivity index (χ3n) is 1.66. The molecule has 78 valence electrons. The number of anilines is 1. The molecule has 1 N–H and O–H groups in total. The topological polar surface area (TPSA) is 42.0 Å². The fourth-order valence-electron chi connectivity index (χ4n) is 1.03. The molecule has 0 spiro atoms. The number of hydrogen-bond acceptors (Lipinski definition) is 4. The smallest absolute Gasteiger partial charge is 0.267 e. The average Bonchev–Trinajstić information content (AvgIpc) is 2.75. The second kappa shape index (κ2) is 4.42. The normalized spacial score (nSPS) is 10.3. The van der Waals surface area contributed by atoms with E-state index in [1.54, 1.807) is 6.20 Å². The van der Waals surface area contributed by atoms with E-state index in [0.717, 1.165) is 8.66 Å². The van der Waals surface area contributed by atoms with Crippen molar-refractivity contribution in [2.24, 2.45) is 0 Å². The van der Waals surface area contributed by atoms with Gasteiger partial charge in [0.1, 0.15) is 0 Å². The van der Waals surface area contributed by atoms with Crippen LogP contribution in [0.3, 0.4) is 0 Å². The van der Waals surface area contributed by atoms with E-state index in [4.69, 9.17) is 0 Å². The van der Waals surface area contributed by atoms with Crippen LogP contribution in [0.15, 0.2) is 22.1 Å². The van der Waals surface area contributed by atoms with E-state index >= 15 is 0 Å². The molecule has 0 saturated carbocycles. The van der Waals surface area contributed by atoms with E-state index in [1.165, 1.54) is 22.7 Å². The van der Waals surface area contributed by atoms with Gasteiger partial charge in [0.15, 0.2) is 5.13 Å². The minimum absolute atomic E-state index is 0.102. The number of aryl methyl sites for hydroxylation is 1. The van der Waals surface area contributed by atoms with Crippen molar-refractivity contribution in [1.29, 1.82) is 0 Å². The highest BCUT2D eigenvalue weighted by Crippen LogP contribution is 2.24. The SMILES string of the molecule is Cc1ccc(C(=O)Nc2ncc(Br)s2)s1. The summed E-state index contributed by atoms with van der Waals surface area (Å²) in [5.41, 5.74) is 0. The van der Waals surface area contributed by atoms with Crippen LogP contribution in [0, 0.1) is 6.92 Å². The molecule has 0 atom stereocenters. The average molecular weight is 303 g/mol. The molecule has 2 rings (SSSR count). The van der Waals surface area contributed by atoms with Crippen molar-refractivity contribution >= 4 is 49.6 Å². The molecule has 0 aliphatic carbocycles. The van der Waals surface area contributed by atoms with Crippen molar-refractivity contribution in [3.8, 4) is 0 Å². The molecule has 0 aromatic carbocycles. The highest BCUT2D eigenvalue weighted by Gasteiger charge is 2.09. The van der Waals surface area contributed by atoms with Gasteiger partial charge in [-0.15, -0.1) is 11.3 Å². The minimum Gasteiger partial charge on any atom is -0.297 e. The first-order valence-electron chi connectivity index (χ1n) is 4.14. The number of carbonyl (C=O) groups is 1. The van der Waals surface area contributed by atoms with E-state index in [-0.39, 0.29) is 5.91 Å². The van der Waals surface area contributed by atoms with Gasteiger partial charge in [-0.05, 0) is 35.0 Å². The maximum Gasteiger partial charge on any atom is 0.267 e. The number of hydrogen-bond donors (Lipinski definition) is 1. The molecule has 0 aliphatic heterocycles. The first kappa shape index (κ1) is 10.8. The molecule has 2 aromatic rings. The first-order chi connectivity index (χ1) is 7.15. The van der Waals surface area contributed by atoms with Crippen molar-refractivity contribution in [2.45, 2.75) is 6.92 Å². The molecule has 15 heavy (non-hydrogen) atoms. The molecule has 0 bridgehead atoms. The van der Waals surface area contributed by atoms with Crippen molar-refractivity contribution in [3.05, 3.63) is 31.9 Å². The summed E-state index contributed by atoms with van der Waals surface area (Å²) in [5.74, 6) is -0.102. The Bertz CT molecular complexity index is 492. The highest BCUT2D eigenvalue weighted by atomic mass is 79.9. The van der Waals surface area contributed by atoms with Gasteiger partial charge in [0.05, 0.1) is 14.9 Å². The first-order valence-corrected chi connectivity index (χ1v) is 6.57. The molecular weight excluding hydrogens is 296 g/mol. The Labute approximate surface area is 103 Å². The number of halogens is 1. The fourth-order valence-corrected chi connectivity index (χ4v) is 2.89. The number of thiazole rings is 1. The summed E-state index contributed by atoms with van der Waals surface area (Å²) in [6, 6.07) is 3.75. The van der Waals surface area contributed by atoms with Gasteiger partial charge in [-0.1, -0.05) is 11.3 Å². The Morgan fingerprint density at radius 1 is 1.47 bits per heavy atom. The third kappa shape index (κ3) is 2.64. The van der Waals surface area contributed by atoms with Gasteiger partial charge in [0.25, 0.3) is 5.91 Å². The summed E-state index contributed by atoms with van der Waals surface area (Å²) in [5, 5.41) is 3.35. The lowest BCUT2D eigenvalue weighted by Gasteiger charge is -1.96. The predicted octanol–water partition coefficient (Wildman–Crippen LogP) is 3.53. The number of rotatable bonds is 2. The molecule has 0 saturated heterocycles. The van der Waals surface area contributed by atoms with Crippen LogP contribution in [-0.2, 0) is 0 Å². The Balaban J connectivity index is 2.10. The van der Waals surface area contributed by atoms with Crippen molar-refractivity contribution in [3.63, 3.8) is 0 Å². The van der Waals surface area contributed by atoms with Gasteiger partial charge in [-0.25, -0.2) is 4.98 Å². The molecule has 2 heterocycles. The second-order valence-electron chi connectivity index (χ2n) is 2.83. The molecule has 0 unspecified atom stereocenters. The van der Waals surface area contributed by atoms with Gasteiger partial charge < -0.3 is 0 Å². The molecule has 1 amide bonds. The van der Waals surface area contributed by atoms with Crippen LogP contribution in [-0.4, -0.2) is 10.9 Å². The predicted molar refractivity (Wildman–Crippen MR) is 66.8 cm³/mol. The largest absolute Gasteiger partial charge is 0.297 e. The molecule has 0 radical (unpaired) electrons. The Hall–Kier alpha value is -0.720. The van der Waals surface area contributed by atoms with Crippen LogP contribution >= 0.6 is 38.6 Å². The maximum absolute atomic E-state index is 11.7. The summed E-state index contributed by atoms with van der Waals surface area (Å²) in [6.07, 6.45) is 1.67. The lowest BCUT2D eigenvalue weighted by molar-refractivity contribution is 0.103. The van der Waals surface area contributed by atoms with Crippen molar-refractivity contribution in [1.82, 2.24) is 4.98 Å². The summed E-state index contributed by atoms with van der Waals surface area (Å²) in [6.45, 7) is 1.97. The standard InChI is InChI=1S/C9H7BrN2OS2/c1-5-2-3-6(14-5)8(13)12-9-11-4-7(10)15-9/h2-4H,1H3,(H,11,12,13). The Morgan fingerprint density at radius 3 is 2.80 bits per heavy atom. The summed E-state index contributed by atoms with van der Waals surface area (Å²) in [7, 11) is 0. The summed E-state index contributed by atoms with van der Waals surface area (Å²) < 4.78 is 0.903. The van der Waals surface area contributed by atoms with E-state index in [0.29, 0.717) is 10.0 Å². The van der Waals surface area contributed by atoms with Crippen molar-refractivity contribution < 1.29 is 4.79 Å². The minimum atomic E-state index is -0.102. The number of nitrogens with one attached hydrogen (secondary N) is 1. The highest BCUT2D eigenvalue weighted by molar-refractivity contribution is 9.11. The van der Waals surface area contributed by atoms with Gasteiger partial charge in [-0.2, -0.15) is 0 Å². The Kier molecular flexibility index (Phi) is 3.18. The summed E-state index contributed by atoms with van der Waals surface area (Å²) >= 11 is 6.16. The van der Waals surface area contributed by atoms with Crippen LogP contribution in [0.25, 0.3) is 0 Å². The zero-order valence-electron chi connectivity index (χ0n) is 7.78. The fraction of sp³-hybridized carbons (Fsp3) is 0.111. The quantitative estimate of drug-likeness (QED) is 0.922. The van der Waals surface area contributed by atoms with Crippen molar-refractivity contribution in [2.75, 3.05) is 5.32 Å². The Morgan fingerprint density at radius 2 is 2.27 bits per heavy atom. The van der Waals surface area contributed by atoms with Crippen LogP contribution in [0.2, 0.25) is 0 Å². The van der Waals surface area contributed by atoms with E-state index in [2.05, 4.69) is 26.2 Å². The van der Waals surface area contributed by atoms with Gasteiger partial charge in [-0.3, -0.25) is 10.1 Å². The van der Waals surface area contributed by atoms with Crippen LogP contribution in [0.4, 0.5) is 5.13 Å². The molecule has 0 aliphatic rings. The molecule has 6 heteroatoms. The second-order valence-corrected chi connectivity index (χ2v) is 6.53. The van der Waals surface area contributed by atoms with Crippen LogP contribution in [0.5, 0.6) is 0 Å². The van der Waals surface area contributed by atoms with E-state index < -0.39 is 0 Å². The molecule has 2 aromatic heterocycles. The third-order valence-corrected chi connectivity index (χ3v) is 4.05. The zero-order valence-corrected chi connectivity index (χ0v) is 11.0. The molecule has 3 nitrogen and oxygen atoms in total. The lowest BCUT2D eigenvalue weighted by Crippen LogP contribution is -2.09. The zero-order chi connectivity index (χ0) is 10.8. The molecule has 0 fully saturated rings. The van der Waals surface area contributed by atoms with E-state index in [9.17, 15) is 4.79 Å². The summed E-state index contributed by atoms with van der Waals surface area (Å²) in [4.78, 5) is 17.6. The number of amides is 1.